The molecule has 0 radical (unpaired) electrons. The van der Waals surface area contributed by atoms with Gasteiger partial charge in [-0.05, 0) is 32.3 Å². The fourth-order valence-electron chi connectivity index (χ4n) is 6.21. The molecule has 0 spiro atoms. The van der Waals surface area contributed by atoms with Gasteiger partial charge in [-0.1, -0.05) is 63.3 Å². The first-order valence-electron chi connectivity index (χ1n) is 15.5. The fraction of sp³-hybridized carbons (Fsp3) is 0.697. The molecular weight excluding hydrogens is 586 g/mol. The minimum atomic E-state index is -1.68. The molecule has 0 bridgehead atoms. The number of carbonyl (C=O) groups excluding carboxylic acids is 2. The lowest BCUT2D eigenvalue weighted by Crippen LogP contribution is -2.69. The molecule has 3 N–H and O–H groups in total. The molecule has 0 aromatic heterocycles. The molecular formula is C33H50NO11-. The van der Waals surface area contributed by atoms with Crippen molar-refractivity contribution in [3.8, 4) is 0 Å². The summed E-state index contributed by atoms with van der Waals surface area (Å²) in [6.45, 7) is 11.8. The fourth-order valence-corrected chi connectivity index (χ4v) is 6.21. The van der Waals surface area contributed by atoms with Crippen LogP contribution in [-0.2, 0) is 38.0 Å². The normalized spacial score (nSPS) is 35.0. The van der Waals surface area contributed by atoms with Gasteiger partial charge in [0.15, 0.2) is 12.3 Å². The Hall–Kier alpha value is -2.42. The lowest BCUT2D eigenvalue weighted by atomic mass is 9.72. The number of ether oxygens (including phenoxy) is 6. The predicted octanol–water partition coefficient (Wildman–Crippen LogP) is 1.65. The highest BCUT2D eigenvalue weighted by Crippen LogP contribution is 2.44. The van der Waals surface area contributed by atoms with Crippen molar-refractivity contribution in [1.82, 2.24) is 5.32 Å². The third kappa shape index (κ3) is 9.11. The largest absolute Gasteiger partial charge is 0.545 e. The number of carboxylic acid groups (broad SMARTS) is 1. The van der Waals surface area contributed by atoms with Gasteiger partial charge in [0.25, 0.3) is 5.91 Å². The van der Waals surface area contributed by atoms with Crippen LogP contribution < -0.4 is 10.4 Å². The van der Waals surface area contributed by atoms with Gasteiger partial charge in [0.05, 0.1) is 30.4 Å². The highest BCUT2D eigenvalue weighted by atomic mass is 16.7. The van der Waals surface area contributed by atoms with Crippen molar-refractivity contribution in [2.75, 3.05) is 21.0 Å². The predicted molar refractivity (Wildman–Crippen MR) is 162 cm³/mol. The average molecular weight is 637 g/mol. The summed E-state index contributed by atoms with van der Waals surface area (Å²) in [6.07, 6.45) is 5.88. The van der Waals surface area contributed by atoms with Gasteiger partial charge < -0.3 is 53.9 Å². The topological polar surface area (TPSA) is 165 Å². The van der Waals surface area contributed by atoms with E-state index in [1.54, 1.807) is 19.3 Å². The number of rotatable bonds is 14. The Morgan fingerprint density at radius 1 is 1.13 bits per heavy atom. The first kappa shape index (κ1) is 37.0. The molecule has 3 heterocycles. The number of nitrogens with one attached hydrogen (secondary N) is 1. The molecule has 12 heteroatoms. The first-order valence-corrected chi connectivity index (χ1v) is 15.5. The molecule has 3 aliphatic rings. The molecule has 0 aromatic carbocycles. The van der Waals surface area contributed by atoms with Crippen LogP contribution in [0.4, 0.5) is 0 Å². The van der Waals surface area contributed by atoms with Gasteiger partial charge in [0, 0.05) is 38.4 Å². The van der Waals surface area contributed by atoms with Crippen LogP contribution in [0.1, 0.15) is 59.8 Å². The number of fused-ring (bicyclic) bond motifs is 1. The van der Waals surface area contributed by atoms with E-state index in [2.05, 4.69) is 11.9 Å². The Bertz CT molecular complexity index is 1100. The van der Waals surface area contributed by atoms with Crippen molar-refractivity contribution in [3.05, 3.63) is 48.6 Å². The number of methoxy groups -OCH3 is 2. The first-order chi connectivity index (χ1) is 21.3. The van der Waals surface area contributed by atoms with Crippen molar-refractivity contribution in [3.63, 3.8) is 0 Å². The second-order valence-electron chi connectivity index (χ2n) is 12.6. The zero-order valence-corrected chi connectivity index (χ0v) is 27.2. The third-order valence-corrected chi connectivity index (χ3v) is 9.17. The van der Waals surface area contributed by atoms with Crippen molar-refractivity contribution >= 4 is 11.9 Å². The molecule has 1 amide bonds. The van der Waals surface area contributed by atoms with E-state index in [-0.39, 0.29) is 25.2 Å². The number of carboxylic acids is 1. The van der Waals surface area contributed by atoms with Crippen LogP contribution in [0.2, 0.25) is 0 Å². The molecule has 0 saturated carbocycles. The van der Waals surface area contributed by atoms with Gasteiger partial charge in [0.2, 0.25) is 5.79 Å². The van der Waals surface area contributed by atoms with Crippen molar-refractivity contribution < 1.29 is 53.3 Å². The standard InChI is InChI=1S/C33H51NO11/c1-20-18-33(41-7,45-22(3)21(20)2)28(38)30(39)34-31-27-26(42-19-43-31)29(40-6)32(4,5)24(44-27)17-23(35)15-13-11-9-8-10-12-14-16-25(36)37/h8-10,12,14,16,21-24,26-29,31,35,38H,1,11,13,15,17-19H2,2-7H3,(H,34,39)(H,36,37)/p-1/b9-8+,12-10+,16-14+/t21-,22-,23-,24-,26+,27-,28-,29-,31+,33-/m1/s1. The molecule has 12 nitrogen and oxygen atoms in total. The maximum atomic E-state index is 13.4. The number of carbonyl (C=O) groups is 2. The van der Waals surface area contributed by atoms with Crippen LogP contribution in [0, 0.1) is 11.3 Å². The minimum absolute atomic E-state index is 0.0339. The van der Waals surface area contributed by atoms with Crippen LogP contribution in [-0.4, -0.2) is 97.8 Å². The monoisotopic (exact) mass is 636 g/mol. The van der Waals surface area contributed by atoms with Crippen molar-refractivity contribution in [1.29, 1.82) is 0 Å². The second-order valence-corrected chi connectivity index (χ2v) is 12.6. The molecule has 10 atom stereocenters. The zero-order chi connectivity index (χ0) is 33.4. The quantitative estimate of drug-likeness (QED) is 0.110. The molecule has 3 aliphatic heterocycles. The number of hydrogen-bond donors (Lipinski definition) is 3. The summed E-state index contributed by atoms with van der Waals surface area (Å²) in [5.41, 5.74) is 0.248. The Balaban J connectivity index is 1.64. The number of allylic oxidation sites excluding steroid dienone is 5. The molecule has 0 unspecified atom stereocenters. The summed E-state index contributed by atoms with van der Waals surface area (Å²) in [6, 6.07) is 0. The Labute approximate surface area is 266 Å². The van der Waals surface area contributed by atoms with Crippen LogP contribution in [0.25, 0.3) is 0 Å². The average Bonchev–Trinajstić information content (AvgIpc) is 2.98. The SMILES string of the molecule is C=C1C[C@](OC)([C@H](O)C(=O)N[C@H]2OCO[C@H]3[C@H]2O[C@H](C[C@H](O)CCC/C=C/C=C/C=C/C(=O)[O-])C(C)(C)[C@@H]3OC)O[C@H](C)[C@@H]1C. The van der Waals surface area contributed by atoms with E-state index in [9.17, 15) is 24.9 Å². The summed E-state index contributed by atoms with van der Waals surface area (Å²) < 4.78 is 35.7. The van der Waals surface area contributed by atoms with Crippen molar-refractivity contribution in [2.24, 2.45) is 11.3 Å². The number of aliphatic hydroxyl groups excluding tert-OH is 2. The Kier molecular flexibility index (Phi) is 13.5. The van der Waals surface area contributed by atoms with Gasteiger partial charge in [0.1, 0.15) is 19.0 Å². The van der Waals surface area contributed by atoms with Crippen LogP contribution >= 0.6 is 0 Å². The highest BCUT2D eigenvalue weighted by molar-refractivity contribution is 5.82. The summed E-state index contributed by atoms with van der Waals surface area (Å²) in [7, 11) is 2.97. The van der Waals surface area contributed by atoms with E-state index in [1.165, 1.54) is 13.2 Å². The number of aliphatic carboxylic acids is 1. The number of amides is 1. The van der Waals surface area contributed by atoms with Crippen LogP contribution in [0.3, 0.4) is 0 Å². The summed E-state index contributed by atoms with van der Waals surface area (Å²) in [4.78, 5) is 23.8. The summed E-state index contributed by atoms with van der Waals surface area (Å²) >= 11 is 0. The molecule has 0 aromatic rings. The van der Waals surface area contributed by atoms with Crippen LogP contribution in [0.5, 0.6) is 0 Å². The van der Waals surface area contributed by atoms with E-state index in [1.807, 2.05) is 39.8 Å². The zero-order valence-electron chi connectivity index (χ0n) is 27.2. The van der Waals surface area contributed by atoms with Gasteiger partial charge >= 0.3 is 0 Å². The van der Waals surface area contributed by atoms with E-state index >= 15 is 0 Å². The minimum Gasteiger partial charge on any atom is -0.545 e. The summed E-state index contributed by atoms with van der Waals surface area (Å²) in [5.74, 6) is -3.57. The van der Waals surface area contributed by atoms with Crippen LogP contribution in [0.15, 0.2) is 48.6 Å². The molecule has 254 valence electrons. The maximum absolute atomic E-state index is 13.4. The van der Waals surface area contributed by atoms with E-state index in [0.717, 1.165) is 24.5 Å². The van der Waals surface area contributed by atoms with Gasteiger partial charge in [-0.25, -0.2) is 0 Å². The number of hydrogen-bond acceptors (Lipinski definition) is 11. The molecule has 3 saturated heterocycles. The Morgan fingerprint density at radius 3 is 2.49 bits per heavy atom. The van der Waals surface area contributed by atoms with Gasteiger partial charge in [-0.3, -0.25) is 4.79 Å². The maximum Gasteiger partial charge on any atom is 0.256 e. The van der Waals surface area contributed by atoms with Gasteiger partial charge in [-0.2, -0.15) is 0 Å². The summed E-state index contributed by atoms with van der Waals surface area (Å²) in [5, 5.41) is 35.2. The smallest absolute Gasteiger partial charge is 0.256 e. The lowest BCUT2D eigenvalue weighted by Gasteiger charge is -2.54. The number of unbranched alkanes of at least 4 members (excludes halogenated alkanes) is 1. The molecule has 3 fully saturated rings. The third-order valence-electron chi connectivity index (χ3n) is 9.17. The number of aliphatic hydroxyl groups is 2. The molecule has 45 heavy (non-hydrogen) atoms. The highest BCUT2D eigenvalue weighted by Gasteiger charge is 2.57. The Morgan fingerprint density at radius 2 is 1.84 bits per heavy atom. The van der Waals surface area contributed by atoms with E-state index in [0.29, 0.717) is 12.8 Å². The van der Waals surface area contributed by atoms with E-state index < -0.39 is 65.9 Å². The lowest BCUT2D eigenvalue weighted by molar-refractivity contribution is -0.332. The molecule has 0 aliphatic carbocycles. The van der Waals surface area contributed by atoms with E-state index in [4.69, 9.17) is 28.4 Å². The molecule has 3 rings (SSSR count). The van der Waals surface area contributed by atoms with Gasteiger partial charge in [-0.15, -0.1) is 0 Å². The van der Waals surface area contributed by atoms with Crippen molar-refractivity contribution in [2.45, 2.75) is 115 Å². The second kappa shape index (κ2) is 16.4.